The predicted molar refractivity (Wildman–Crippen MR) is 121 cm³/mol. The zero-order chi connectivity index (χ0) is 20.5. The van der Waals surface area contributed by atoms with Crippen molar-refractivity contribution < 1.29 is 4.39 Å². The van der Waals surface area contributed by atoms with Gasteiger partial charge in [0.1, 0.15) is 5.82 Å². The molecule has 0 radical (unpaired) electrons. The lowest BCUT2D eigenvalue weighted by atomic mass is 10.1. The first-order chi connectivity index (χ1) is 13.9. The Morgan fingerprint density at radius 1 is 0.931 bits per heavy atom. The molecule has 0 saturated heterocycles. The first-order valence-electron chi connectivity index (χ1n) is 9.32. The van der Waals surface area contributed by atoms with Crippen LogP contribution in [-0.4, -0.2) is 19.1 Å². The van der Waals surface area contributed by atoms with Crippen molar-refractivity contribution in [1.29, 1.82) is 0 Å². The fourth-order valence-corrected chi connectivity index (χ4v) is 3.47. The maximum atomic E-state index is 13.7. The SMILES string of the molecule is Cc1ccc(Nc2ccc3nc(-c4cccc(F)c4)cc(N(C)C)c3c2)cc1Cl. The van der Waals surface area contributed by atoms with E-state index in [1.807, 2.05) is 68.4 Å². The second kappa shape index (κ2) is 7.72. The first kappa shape index (κ1) is 19.2. The number of rotatable bonds is 4. The van der Waals surface area contributed by atoms with Gasteiger partial charge in [-0.1, -0.05) is 29.8 Å². The largest absolute Gasteiger partial charge is 0.377 e. The van der Waals surface area contributed by atoms with Crippen molar-refractivity contribution in [2.75, 3.05) is 24.3 Å². The maximum absolute atomic E-state index is 13.7. The van der Waals surface area contributed by atoms with E-state index in [1.54, 1.807) is 6.07 Å². The van der Waals surface area contributed by atoms with E-state index in [2.05, 4.69) is 11.4 Å². The van der Waals surface area contributed by atoms with E-state index in [9.17, 15) is 4.39 Å². The van der Waals surface area contributed by atoms with Crippen LogP contribution in [0.2, 0.25) is 5.02 Å². The monoisotopic (exact) mass is 405 g/mol. The van der Waals surface area contributed by atoms with Crippen LogP contribution < -0.4 is 10.2 Å². The minimum atomic E-state index is -0.271. The molecule has 3 nitrogen and oxygen atoms in total. The molecule has 0 saturated carbocycles. The number of aromatic nitrogens is 1. The number of halogens is 2. The Hall–Kier alpha value is -3.11. The second-order valence-electron chi connectivity index (χ2n) is 7.25. The van der Waals surface area contributed by atoms with E-state index >= 15 is 0 Å². The fraction of sp³-hybridized carbons (Fsp3) is 0.125. The molecule has 146 valence electrons. The number of aryl methyl sites for hydroxylation is 1. The van der Waals surface area contributed by atoms with Crippen molar-refractivity contribution in [2.24, 2.45) is 0 Å². The minimum Gasteiger partial charge on any atom is -0.377 e. The van der Waals surface area contributed by atoms with Crippen LogP contribution in [0, 0.1) is 12.7 Å². The number of anilines is 3. The van der Waals surface area contributed by atoms with Gasteiger partial charge in [-0.05, 0) is 61.0 Å². The van der Waals surface area contributed by atoms with Crippen LogP contribution in [0.15, 0.2) is 66.7 Å². The van der Waals surface area contributed by atoms with Gasteiger partial charge in [-0.2, -0.15) is 0 Å². The maximum Gasteiger partial charge on any atom is 0.123 e. The Kier molecular flexibility index (Phi) is 5.12. The molecular formula is C24H21ClFN3. The van der Waals surface area contributed by atoms with Crippen LogP contribution in [0.4, 0.5) is 21.5 Å². The lowest BCUT2D eigenvalue weighted by Gasteiger charge is -2.18. The third kappa shape index (κ3) is 4.03. The molecule has 0 aliphatic heterocycles. The smallest absolute Gasteiger partial charge is 0.123 e. The third-order valence-corrected chi connectivity index (χ3v) is 5.26. The van der Waals surface area contributed by atoms with Gasteiger partial charge in [0, 0.05) is 47.1 Å². The lowest BCUT2D eigenvalue weighted by Crippen LogP contribution is -2.10. The number of hydrogen-bond donors (Lipinski definition) is 1. The summed E-state index contributed by atoms with van der Waals surface area (Å²) in [5.74, 6) is -0.271. The Morgan fingerprint density at radius 3 is 2.41 bits per heavy atom. The second-order valence-corrected chi connectivity index (χ2v) is 7.66. The molecule has 0 aliphatic rings. The molecule has 1 N–H and O–H groups in total. The molecule has 29 heavy (non-hydrogen) atoms. The van der Waals surface area contributed by atoms with Crippen molar-refractivity contribution in [2.45, 2.75) is 6.92 Å². The number of fused-ring (bicyclic) bond motifs is 1. The summed E-state index contributed by atoms with van der Waals surface area (Å²) in [6.45, 7) is 1.98. The average molecular weight is 406 g/mol. The summed E-state index contributed by atoms with van der Waals surface area (Å²) in [5, 5.41) is 5.14. The molecule has 1 heterocycles. The molecule has 0 atom stereocenters. The number of benzene rings is 3. The summed E-state index contributed by atoms with van der Waals surface area (Å²) in [6, 6.07) is 20.4. The van der Waals surface area contributed by atoms with Crippen LogP contribution in [0.25, 0.3) is 22.2 Å². The van der Waals surface area contributed by atoms with Gasteiger partial charge in [0.05, 0.1) is 11.2 Å². The predicted octanol–water partition coefficient (Wildman–Crippen LogP) is 6.81. The minimum absolute atomic E-state index is 0.271. The fourth-order valence-electron chi connectivity index (χ4n) is 3.29. The quantitative estimate of drug-likeness (QED) is 0.404. The molecule has 5 heteroatoms. The zero-order valence-corrected chi connectivity index (χ0v) is 17.3. The Bertz CT molecular complexity index is 1200. The molecule has 0 spiro atoms. The van der Waals surface area contributed by atoms with Gasteiger partial charge < -0.3 is 10.2 Å². The summed E-state index contributed by atoms with van der Waals surface area (Å²) in [6.07, 6.45) is 0. The first-order valence-corrected chi connectivity index (χ1v) is 9.70. The van der Waals surface area contributed by atoms with E-state index in [4.69, 9.17) is 16.6 Å². The van der Waals surface area contributed by atoms with Crippen LogP contribution >= 0.6 is 11.6 Å². The highest BCUT2D eigenvalue weighted by molar-refractivity contribution is 6.31. The Balaban J connectivity index is 1.78. The summed E-state index contributed by atoms with van der Waals surface area (Å²) >= 11 is 6.25. The van der Waals surface area contributed by atoms with Crippen molar-refractivity contribution in [1.82, 2.24) is 4.98 Å². The summed E-state index contributed by atoms with van der Waals surface area (Å²) < 4.78 is 13.7. The van der Waals surface area contributed by atoms with Gasteiger partial charge in [-0.3, -0.25) is 0 Å². The molecule has 4 aromatic rings. The number of pyridine rings is 1. The number of nitrogens with one attached hydrogen (secondary N) is 1. The molecule has 0 fully saturated rings. The zero-order valence-electron chi connectivity index (χ0n) is 16.5. The Labute approximate surface area is 174 Å². The van der Waals surface area contributed by atoms with E-state index in [0.717, 1.165) is 49.8 Å². The van der Waals surface area contributed by atoms with Gasteiger partial charge in [0.15, 0.2) is 0 Å². The Morgan fingerprint density at radius 2 is 1.69 bits per heavy atom. The van der Waals surface area contributed by atoms with E-state index < -0.39 is 0 Å². The molecule has 3 aromatic carbocycles. The van der Waals surface area contributed by atoms with Crippen LogP contribution in [0.3, 0.4) is 0 Å². The topological polar surface area (TPSA) is 28.2 Å². The summed E-state index contributed by atoms with van der Waals surface area (Å²) in [7, 11) is 3.98. The van der Waals surface area contributed by atoms with Crippen molar-refractivity contribution in [3.63, 3.8) is 0 Å². The van der Waals surface area contributed by atoms with E-state index in [1.165, 1.54) is 12.1 Å². The van der Waals surface area contributed by atoms with Gasteiger partial charge in [-0.25, -0.2) is 9.37 Å². The highest BCUT2D eigenvalue weighted by atomic mass is 35.5. The van der Waals surface area contributed by atoms with E-state index in [-0.39, 0.29) is 5.82 Å². The van der Waals surface area contributed by atoms with Crippen LogP contribution in [-0.2, 0) is 0 Å². The third-order valence-electron chi connectivity index (χ3n) is 4.85. The van der Waals surface area contributed by atoms with Gasteiger partial charge in [0.2, 0.25) is 0 Å². The van der Waals surface area contributed by atoms with Gasteiger partial charge in [0.25, 0.3) is 0 Å². The molecule has 0 bridgehead atoms. The van der Waals surface area contributed by atoms with Crippen molar-refractivity contribution >= 4 is 39.6 Å². The normalized spacial score (nSPS) is 10.9. The van der Waals surface area contributed by atoms with Crippen LogP contribution in [0.5, 0.6) is 0 Å². The summed E-state index contributed by atoms with van der Waals surface area (Å²) in [5.41, 5.74) is 6.28. The van der Waals surface area contributed by atoms with E-state index in [0.29, 0.717) is 0 Å². The average Bonchev–Trinajstić information content (AvgIpc) is 2.70. The van der Waals surface area contributed by atoms with Crippen molar-refractivity contribution in [3.8, 4) is 11.3 Å². The molecule has 0 unspecified atom stereocenters. The number of hydrogen-bond acceptors (Lipinski definition) is 3. The highest BCUT2D eigenvalue weighted by Crippen LogP contribution is 2.33. The molecule has 1 aromatic heterocycles. The molecule has 0 aliphatic carbocycles. The summed E-state index contributed by atoms with van der Waals surface area (Å²) in [4.78, 5) is 6.80. The molecule has 0 amide bonds. The molecular weight excluding hydrogens is 385 g/mol. The lowest BCUT2D eigenvalue weighted by molar-refractivity contribution is 0.628. The highest BCUT2D eigenvalue weighted by Gasteiger charge is 2.11. The molecule has 4 rings (SSSR count). The number of nitrogens with zero attached hydrogens (tertiary/aromatic N) is 2. The van der Waals surface area contributed by atoms with Gasteiger partial charge in [-0.15, -0.1) is 0 Å². The van der Waals surface area contributed by atoms with Crippen LogP contribution in [0.1, 0.15) is 5.56 Å². The standard InChI is InChI=1S/C24H21ClFN3/c1-15-7-8-19(13-21(15)25)27-18-9-10-22-20(12-18)24(29(2)3)14-23(28-22)16-5-4-6-17(26)11-16/h4-14,27H,1-3H3. The van der Waals surface area contributed by atoms with Crippen molar-refractivity contribution in [3.05, 3.63) is 83.1 Å². The van der Waals surface area contributed by atoms with Gasteiger partial charge >= 0.3 is 0 Å².